The number of carbonyl (C=O) groups excluding carboxylic acids is 1. The van der Waals surface area contributed by atoms with Crippen LogP contribution in [0.2, 0.25) is 0 Å². The van der Waals surface area contributed by atoms with Gasteiger partial charge in [-0.25, -0.2) is 0 Å². The van der Waals surface area contributed by atoms with Gasteiger partial charge >= 0.3 is 0 Å². The molecule has 0 radical (unpaired) electrons. The Balaban J connectivity index is 1.73. The molecular weight excluding hydrogens is 356 g/mol. The van der Waals surface area contributed by atoms with Crippen LogP contribution in [-0.2, 0) is 11.3 Å². The van der Waals surface area contributed by atoms with Gasteiger partial charge < -0.3 is 18.6 Å². The minimum Gasteiger partial charge on any atom is -0.467 e. The SMILES string of the molecule is Cc1cc(C(=O)N(CCC#N)CCN2CCOCC2)c(C)n1Cc1ccco1. The van der Waals surface area contributed by atoms with E-state index in [9.17, 15) is 4.79 Å². The van der Waals surface area contributed by atoms with Crippen molar-refractivity contribution in [2.24, 2.45) is 0 Å². The lowest BCUT2D eigenvalue weighted by Crippen LogP contribution is -2.43. The maximum Gasteiger partial charge on any atom is 0.255 e. The van der Waals surface area contributed by atoms with E-state index in [4.69, 9.17) is 14.4 Å². The van der Waals surface area contributed by atoms with Gasteiger partial charge in [-0.1, -0.05) is 0 Å². The second-order valence-electron chi connectivity index (χ2n) is 7.10. The molecule has 7 heteroatoms. The highest BCUT2D eigenvalue weighted by atomic mass is 16.5. The van der Waals surface area contributed by atoms with Crippen molar-refractivity contribution in [2.75, 3.05) is 45.9 Å². The second kappa shape index (κ2) is 9.58. The van der Waals surface area contributed by atoms with Crippen LogP contribution >= 0.6 is 0 Å². The molecule has 0 spiro atoms. The van der Waals surface area contributed by atoms with Crippen LogP contribution in [-0.4, -0.2) is 66.2 Å². The average Bonchev–Trinajstić information content (AvgIpc) is 3.32. The quantitative estimate of drug-likeness (QED) is 0.699. The van der Waals surface area contributed by atoms with E-state index in [1.165, 1.54) is 0 Å². The molecule has 0 unspecified atom stereocenters. The van der Waals surface area contributed by atoms with E-state index < -0.39 is 0 Å². The van der Waals surface area contributed by atoms with Gasteiger partial charge in [0.05, 0.1) is 44.1 Å². The van der Waals surface area contributed by atoms with Crippen molar-refractivity contribution in [3.63, 3.8) is 0 Å². The Morgan fingerprint density at radius 1 is 1.29 bits per heavy atom. The predicted octanol–water partition coefficient (Wildman–Crippen LogP) is 2.43. The number of morpholine rings is 1. The number of ether oxygens (including phenoxy) is 1. The van der Waals surface area contributed by atoms with Gasteiger partial charge in [-0.05, 0) is 32.0 Å². The van der Waals surface area contributed by atoms with E-state index in [1.54, 1.807) is 11.2 Å². The molecule has 0 bridgehead atoms. The van der Waals surface area contributed by atoms with Crippen LogP contribution in [0.5, 0.6) is 0 Å². The van der Waals surface area contributed by atoms with Crippen molar-refractivity contribution < 1.29 is 13.9 Å². The number of carbonyl (C=O) groups is 1. The molecule has 0 aliphatic carbocycles. The maximum atomic E-state index is 13.2. The Bertz CT molecular complexity index is 814. The third-order valence-electron chi connectivity index (χ3n) is 5.27. The van der Waals surface area contributed by atoms with Gasteiger partial charge in [0.25, 0.3) is 5.91 Å². The van der Waals surface area contributed by atoms with Crippen LogP contribution in [0, 0.1) is 25.2 Å². The number of aryl methyl sites for hydroxylation is 1. The summed E-state index contributed by atoms with van der Waals surface area (Å²) in [5, 5.41) is 9.00. The number of rotatable bonds is 8. The van der Waals surface area contributed by atoms with Crippen LogP contribution in [0.25, 0.3) is 0 Å². The number of nitrogens with zero attached hydrogens (tertiary/aromatic N) is 4. The summed E-state index contributed by atoms with van der Waals surface area (Å²) in [6.45, 7) is 9.67. The molecule has 3 rings (SSSR count). The third kappa shape index (κ3) is 4.83. The van der Waals surface area contributed by atoms with E-state index in [1.807, 2.05) is 32.0 Å². The lowest BCUT2D eigenvalue weighted by Gasteiger charge is -2.30. The zero-order valence-corrected chi connectivity index (χ0v) is 16.7. The average molecular weight is 384 g/mol. The Kier molecular flexibility index (Phi) is 6.90. The van der Waals surface area contributed by atoms with Crippen LogP contribution in [0.4, 0.5) is 0 Å². The Morgan fingerprint density at radius 2 is 2.07 bits per heavy atom. The van der Waals surface area contributed by atoms with Crippen molar-refractivity contribution >= 4 is 5.91 Å². The first-order valence-electron chi connectivity index (χ1n) is 9.75. The lowest BCUT2D eigenvalue weighted by atomic mass is 10.2. The minimum absolute atomic E-state index is 0.0118. The summed E-state index contributed by atoms with van der Waals surface area (Å²) in [5.41, 5.74) is 2.64. The number of amides is 1. The van der Waals surface area contributed by atoms with Gasteiger partial charge in [-0.3, -0.25) is 9.69 Å². The Morgan fingerprint density at radius 3 is 2.75 bits per heavy atom. The zero-order chi connectivity index (χ0) is 19.9. The fourth-order valence-corrected chi connectivity index (χ4v) is 3.58. The number of hydrogen-bond donors (Lipinski definition) is 0. The number of furan rings is 1. The van der Waals surface area contributed by atoms with Crippen LogP contribution in [0.3, 0.4) is 0 Å². The highest BCUT2D eigenvalue weighted by Crippen LogP contribution is 2.19. The minimum atomic E-state index is -0.0118. The molecule has 1 aliphatic heterocycles. The summed E-state index contributed by atoms with van der Waals surface area (Å²) in [4.78, 5) is 17.4. The highest BCUT2D eigenvalue weighted by Gasteiger charge is 2.22. The fraction of sp³-hybridized carbons (Fsp3) is 0.524. The topological polar surface area (TPSA) is 74.6 Å². The van der Waals surface area contributed by atoms with Crippen molar-refractivity contribution in [2.45, 2.75) is 26.8 Å². The van der Waals surface area contributed by atoms with Gasteiger partial charge in [0, 0.05) is 44.1 Å². The largest absolute Gasteiger partial charge is 0.467 e. The predicted molar refractivity (Wildman–Crippen MR) is 105 cm³/mol. The van der Waals surface area contributed by atoms with Crippen molar-refractivity contribution in [3.8, 4) is 6.07 Å². The first-order chi connectivity index (χ1) is 13.6. The smallest absolute Gasteiger partial charge is 0.255 e. The van der Waals surface area contributed by atoms with Crippen LogP contribution in [0.1, 0.15) is 33.9 Å². The van der Waals surface area contributed by atoms with Gasteiger partial charge in [-0.2, -0.15) is 5.26 Å². The summed E-state index contributed by atoms with van der Waals surface area (Å²) in [6.07, 6.45) is 1.99. The fourth-order valence-electron chi connectivity index (χ4n) is 3.58. The van der Waals surface area contributed by atoms with E-state index in [0.717, 1.165) is 50.0 Å². The van der Waals surface area contributed by atoms with Crippen molar-refractivity contribution in [1.82, 2.24) is 14.4 Å². The third-order valence-corrected chi connectivity index (χ3v) is 5.27. The summed E-state index contributed by atoms with van der Waals surface area (Å²) in [7, 11) is 0. The zero-order valence-electron chi connectivity index (χ0n) is 16.7. The highest BCUT2D eigenvalue weighted by molar-refractivity contribution is 5.95. The summed E-state index contributed by atoms with van der Waals surface area (Å²) in [6, 6.07) is 7.90. The van der Waals surface area contributed by atoms with E-state index in [-0.39, 0.29) is 5.91 Å². The molecule has 1 amide bonds. The molecule has 7 nitrogen and oxygen atoms in total. The molecule has 28 heavy (non-hydrogen) atoms. The molecule has 0 aromatic carbocycles. The van der Waals surface area contributed by atoms with Gasteiger partial charge in [0.2, 0.25) is 0 Å². The number of hydrogen-bond acceptors (Lipinski definition) is 5. The first kappa shape index (κ1) is 20.2. The molecule has 3 heterocycles. The lowest BCUT2D eigenvalue weighted by molar-refractivity contribution is 0.0326. The van der Waals surface area contributed by atoms with Gasteiger partial charge in [0.1, 0.15) is 5.76 Å². The van der Waals surface area contributed by atoms with Crippen LogP contribution in [0.15, 0.2) is 28.9 Å². The number of aromatic nitrogens is 1. The molecule has 1 aliphatic rings. The van der Waals surface area contributed by atoms with Gasteiger partial charge in [0.15, 0.2) is 0 Å². The van der Waals surface area contributed by atoms with E-state index >= 15 is 0 Å². The molecule has 0 atom stereocenters. The van der Waals surface area contributed by atoms with E-state index in [0.29, 0.717) is 31.6 Å². The van der Waals surface area contributed by atoms with Gasteiger partial charge in [-0.15, -0.1) is 0 Å². The summed E-state index contributed by atoms with van der Waals surface area (Å²) >= 11 is 0. The molecular formula is C21H28N4O3. The molecule has 1 saturated heterocycles. The normalized spacial score (nSPS) is 14.8. The van der Waals surface area contributed by atoms with E-state index in [2.05, 4.69) is 15.5 Å². The molecule has 0 saturated carbocycles. The van der Waals surface area contributed by atoms with Crippen molar-refractivity contribution in [1.29, 1.82) is 5.26 Å². The summed E-state index contributed by atoms with van der Waals surface area (Å²) < 4.78 is 12.9. The monoisotopic (exact) mass is 384 g/mol. The molecule has 2 aromatic heterocycles. The molecule has 150 valence electrons. The molecule has 2 aromatic rings. The summed E-state index contributed by atoms with van der Waals surface area (Å²) in [5.74, 6) is 0.844. The molecule has 1 fully saturated rings. The second-order valence-corrected chi connectivity index (χ2v) is 7.10. The van der Waals surface area contributed by atoms with Crippen LogP contribution < -0.4 is 0 Å². The first-order valence-corrected chi connectivity index (χ1v) is 9.75. The molecule has 0 N–H and O–H groups in total. The maximum absolute atomic E-state index is 13.2. The Labute approximate surface area is 166 Å². The Hall–Kier alpha value is -2.56. The standard InChI is InChI=1S/C21H28N4O3/c1-17-15-20(18(2)25(17)16-19-5-3-12-28-19)21(26)24(7-4-6-22)9-8-23-10-13-27-14-11-23/h3,5,12,15H,4,7-11,13-14,16H2,1-2H3. The van der Waals surface area contributed by atoms with Crippen molar-refractivity contribution in [3.05, 3.63) is 47.2 Å². The number of nitriles is 1.